The second kappa shape index (κ2) is 9.29. The minimum atomic E-state index is -0.315. The third-order valence-corrected chi connectivity index (χ3v) is 6.32. The highest BCUT2D eigenvalue weighted by molar-refractivity contribution is 6.05. The predicted octanol–water partition coefficient (Wildman–Crippen LogP) is 4.70. The van der Waals surface area contributed by atoms with Crippen LogP contribution in [0.5, 0.6) is 0 Å². The van der Waals surface area contributed by atoms with Gasteiger partial charge in [-0.2, -0.15) is 0 Å². The van der Waals surface area contributed by atoms with E-state index >= 15 is 0 Å². The smallest absolute Gasteiger partial charge is 0.275 e. The van der Waals surface area contributed by atoms with Crippen molar-refractivity contribution in [2.24, 2.45) is 0 Å². The van der Waals surface area contributed by atoms with Crippen LogP contribution in [0.3, 0.4) is 0 Å². The Kier molecular flexibility index (Phi) is 5.70. The number of amides is 1. The van der Waals surface area contributed by atoms with Crippen LogP contribution in [0.1, 0.15) is 16.1 Å². The minimum absolute atomic E-state index is 0.265. The molecule has 35 heavy (non-hydrogen) atoms. The summed E-state index contributed by atoms with van der Waals surface area (Å²) in [6, 6.07) is 23.5. The molecule has 2 N–H and O–H groups in total. The molecule has 1 aliphatic heterocycles. The molecule has 0 atom stereocenters. The fraction of sp³-hybridized carbons (Fsp3) is 0.179. The third-order valence-electron chi connectivity index (χ3n) is 6.32. The minimum Gasteiger partial charge on any atom is -0.456 e. The summed E-state index contributed by atoms with van der Waals surface area (Å²) in [5, 5.41) is 7.43. The van der Waals surface area contributed by atoms with Gasteiger partial charge in [-0.05, 0) is 48.0 Å². The largest absolute Gasteiger partial charge is 0.456 e. The molecule has 2 aromatic heterocycles. The summed E-state index contributed by atoms with van der Waals surface area (Å²) in [5.74, 6) is 0.393. The normalized spacial score (nSPS) is 14.4. The maximum Gasteiger partial charge on any atom is 0.275 e. The molecule has 7 heteroatoms. The number of nitrogens with zero attached hydrogens (tertiary/aromatic N) is 3. The van der Waals surface area contributed by atoms with Crippen molar-refractivity contribution < 1.29 is 9.21 Å². The monoisotopic (exact) mass is 463 g/mol. The summed E-state index contributed by atoms with van der Waals surface area (Å²) in [7, 11) is 0. The number of nitrogens with one attached hydrogen (secondary N) is 2. The Hall–Kier alpha value is -4.07. The van der Waals surface area contributed by atoms with E-state index < -0.39 is 0 Å². The van der Waals surface area contributed by atoms with E-state index in [4.69, 9.17) is 4.42 Å². The first-order chi connectivity index (χ1) is 17.2. The highest BCUT2D eigenvalue weighted by Gasteiger charge is 2.16. The van der Waals surface area contributed by atoms with Gasteiger partial charge in [-0.3, -0.25) is 14.7 Å². The second-order valence-corrected chi connectivity index (χ2v) is 8.75. The lowest BCUT2D eigenvalue weighted by atomic mass is 10.1. The number of para-hydroxylation sites is 3. The Balaban J connectivity index is 1.26. The molecule has 0 aliphatic carbocycles. The van der Waals surface area contributed by atoms with Gasteiger partial charge in [0.1, 0.15) is 17.0 Å². The lowest BCUT2D eigenvalue weighted by molar-refractivity contribution is 0.102. The maximum atomic E-state index is 13.0. The number of fused-ring (bicyclic) bond motifs is 2. The first-order valence-electron chi connectivity index (χ1n) is 11.8. The van der Waals surface area contributed by atoms with Gasteiger partial charge in [0.25, 0.3) is 5.91 Å². The molecule has 0 spiro atoms. The molecular formula is C28H25N5O2. The van der Waals surface area contributed by atoms with Crippen LogP contribution in [-0.2, 0) is 6.54 Å². The fourth-order valence-electron chi connectivity index (χ4n) is 4.51. The second-order valence-electron chi connectivity index (χ2n) is 8.75. The topological polar surface area (TPSA) is 83.3 Å². The number of hydrogen-bond donors (Lipinski definition) is 2. The van der Waals surface area contributed by atoms with Crippen molar-refractivity contribution in [3.63, 3.8) is 0 Å². The van der Waals surface area contributed by atoms with Crippen molar-refractivity contribution >= 4 is 33.6 Å². The summed E-state index contributed by atoms with van der Waals surface area (Å²) >= 11 is 0. The molecule has 6 rings (SSSR count). The maximum absolute atomic E-state index is 13.0. The summed E-state index contributed by atoms with van der Waals surface area (Å²) < 4.78 is 6.18. The molecule has 1 aliphatic rings. The van der Waals surface area contributed by atoms with E-state index in [0.29, 0.717) is 17.0 Å². The van der Waals surface area contributed by atoms with Crippen LogP contribution in [-0.4, -0.2) is 47.0 Å². The Bertz CT molecular complexity index is 1520. The fourth-order valence-corrected chi connectivity index (χ4v) is 4.51. The molecule has 0 bridgehead atoms. The van der Waals surface area contributed by atoms with Crippen LogP contribution < -0.4 is 10.6 Å². The van der Waals surface area contributed by atoms with Crippen LogP contribution in [0.2, 0.25) is 0 Å². The molecule has 1 saturated heterocycles. The molecule has 3 aromatic carbocycles. The number of anilines is 1. The van der Waals surface area contributed by atoms with Crippen molar-refractivity contribution in [1.29, 1.82) is 0 Å². The van der Waals surface area contributed by atoms with E-state index in [2.05, 4.69) is 37.6 Å². The van der Waals surface area contributed by atoms with Crippen LogP contribution in [0.4, 0.5) is 5.69 Å². The van der Waals surface area contributed by atoms with E-state index in [9.17, 15) is 4.79 Å². The van der Waals surface area contributed by atoms with Gasteiger partial charge in [0.05, 0.1) is 22.9 Å². The molecule has 0 radical (unpaired) electrons. The van der Waals surface area contributed by atoms with Gasteiger partial charge in [0, 0.05) is 43.7 Å². The Labute approximate surface area is 202 Å². The van der Waals surface area contributed by atoms with Crippen molar-refractivity contribution in [2.45, 2.75) is 6.54 Å². The highest BCUT2D eigenvalue weighted by atomic mass is 16.3. The van der Waals surface area contributed by atoms with E-state index in [1.807, 2.05) is 60.7 Å². The molecule has 174 valence electrons. The number of hydrogen-bond acceptors (Lipinski definition) is 6. The Morgan fingerprint density at radius 2 is 1.77 bits per heavy atom. The lowest BCUT2D eigenvalue weighted by Crippen LogP contribution is -2.42. The van der Waals surface area contributed by atoms with Crippen LogP contribution in [0.15, 0.2) is 83.4 Å². The van der Waals surface area contributed by atoms with E-state index in [-0.39, 0.29) is 11.6 Å². The van der Waals surface area contributed by atoms with Crippen molar-refractivity contribution in [1.82, 2.24) is 20.2 Å². The zero-order valence-corrected chi connectivity index (χ0v) is 19.2. The number of piperazine rings is 1. The average Bonchev–Trinajstić information content (AvgIpc) is 3.32. The van der Waals surface area contributed by atoms with Crippen LogP contribution in [0.25, 0.3) is 33.3 Å². The van der Waals surface area contributed by atoms with Gasteiger partial charge in [-0.1, -0.05) is 30.3 Å². The van der Waals surface area contributed by atoms with E-state index in [1.54, 1.807) is 0 Å². The summed E-state index contributed by atoms with van der Waals surface area (Å²) in [6.45, 7) is 5.11. The number of aromatic nitrogens is 2. The Morgan fingerprint density at radius 3 is 2.66 bits per heavy atom. The van der Waals surface area contributed by atoms with Gasteiger partial charge >= 0.3 is 0 Å². The SMILES string of the molecule is O=C(Nc1ccccc1-c1cc2cc(CN3CCNCC3)ccc2o1)c1cnc2ccccc2n1. The summed E-state index contributed by atoms with van der Waals surface area (Å²) in [6.07, 6.45) is 1.50. The number of benzene rings is 3. The zero-order valence-electron chi connectivity index (χ0n) is 19.2. The van der Waals surface area contributed by atoms with Gasteiger partial charge in [-0.25, -0.2) is 4.98 Å². The first kappa shape index (κ1) is 21.5. The Morgan fingerprint density at radius 1 is 0.971 bits per heavy atom. The van der Waals surface area contributed by atoms with Crippen molar-refractivity contribution in [3.05, 3.63) is 90.3 Å². The molecular weight excluding hydrogens is 438 g/mol. The quantitative estimate of drug-likeness (QED) is 0.393. The van der Waals surface area contributed by atoms with Crippen molar-refractivity contribution in [3.8, 4) is 11.3 Å². The van der Waals surface area contributed by atoms with Gasteiger partial charge in [-0.15, -0.1) is 0 Å². The summed E-state index contributed by atoms with van der Waals surface area (Å²) in [5.41, 5.74) is 5.27. The standard InChI is InChI=1S/C28H25N5O2/c34-28(25-17-30-23-7-3-4-8-24(23)31-25)32-22-6-2-1-5-21(22)27-16-20-15-19(9-10-26(20)35-27)18-33-13-11-29-12-14-33/h1-10,15-17,29H,11-14,18H2,(H,32,34). The molecule has 5 aromatic rings. The first-order valence-corrected chi connectivity index (χ1v) is 11.8. The zero-order chi connectivity index (χ0) is 23.6. The molecule has 1 amide bonds. The van der Waals surface area contributed by atoms with Gasteiger partial charge < -0.3 is 15.1 Å². The van der Waals surface area contributed by atoms with E-state index in [1.165, 1.54) is 11.8 Å². The number of carbonyl (C=O) groups is 1. The van der Waals surface area contributed by atoms with E-state index in [0.717, 1.165) is 54.8 Å². The lowest BCUT2D eigenvalue weighted by Gasteiger charge is -2.27. The number of carbonyl (C=O) groups excluding carboxylic acids is 1. The van der Waals surface area contributed by atoms with Crippen LogP contribution in [0, 0.1) is 0 Å². The molecule has 7 nitrogen and oxygen atoms in total. The third kappa shape index (κ3) is 4.51. The number of furan rings is 1. The predicted molar refractivity (Wildman–Crippen MR) is 137 cm³/mol. The molecule has 0 unspecified atom stereocenters. The van der Waals surface area contributed by atoms with Crippen LogP contribution >= 0.6 is 0 Å². The summed E-state index contributed by atoms with van der Waals surface area (Å²) in [4.78, 5) is 24.3. The average molecular weight is 464 g/mol. The van der Waals surface area contributed by atoms with Crippen molar-refractivity contribution in [2.75, 3.05) is 31.5 Å². The molecule has 0 saturated carbocycles. The number of rotatable bonds is 5. The molecule has 1 fully saturated rings. The highest BCUT2D eigenvalue weighted by Crippen LogP contribution is 2.33. The van der Waals surface area contributed by atoms with Gasteiger partial charge in [0.2, 0.25) is 0 Å². The van der Waals surface area contributed by atoms with Gasteiger partial charge in [0.15, 0.2) is 0 Å². The molecule has 3 heterocycles.